The molecule has 92 valence electrons. The van der Waals surface area contributed by atoms with Crippen molar-refractivity contribution in [3.8, 4) is 0 Å². The highest BCUT2D eigenvalue weighted by molar-refractivity contribution is 5.96. The molecule has 1 aromatic carbocycles. The lowest BCUT2D eigenvalue weighted by molar-refractivity contribution is 0.0827. The number of hydrogen-bond acceptors (Lipinski definition) is 2. The molecular weight excluding hydrogens is 218 g/mol. The van der Waals surface area contributed by atoms with Gasteiger partial charge in [0.2, 0.25) is 0 Å². The molecule has 0 aromatic heterocycles. The van der Waals surface area contributed by atoms with E-state index in [4.69, 9.17) is 0 Å². The Morgan fingerprint density at radius 3 is 2.24 bits per heavy atom. The zero-order chi connectivity index (χ0) is 13.0. The molecule has 0 bridgehead atoms. The van der Waals surface area contributed by atoms with Gasteiger partial charge >= 0.3 is 6.03 Å². The van der Waals surface area contributed by atoms with Crippen LogP contribution in [0.15, 0.2) is 24.3 Å². The van der Waals surface area contributed by atoms with Gasteiger partial charge in [-0.25, -0.2) is 4.79 Å². The van der Waals surface area contributed by atoms with E-state index in [-0.39, 0.29) is 11.9 Å². The van der Waals surface area contributed by atoms with Gasteiger partial charge in [0, 0.05) is 39.4 Å². The smallest absolute Gasteiger partial charge is 0.321 e. The molecule has 5 nitrogen and oxygen atoms in total. The number of nitrogens with zero attached hydrogens (tertiary/aromatic N) is 2. The predicted molar refractivity (Wildman–Crippen MR) is 67.2 cm³/mol. The second-order valence-corrected chi connectivity index (χ2v) is 4.10. The first-order valence-electron chi connectivity index (χ1n) is 5.22. The lowest BCUT2D eigenvalue weighted by Gasteiger charge is -2.14. The van der Waals surface area contributed by atoms with Gasteiger partial charge in [0.1, 0.15) is 0 Å². The van der Waals surface area contributed by atoms with Gasteiger partial charge in [-0.2, -0.15) is 0 Å². The Kier molecular flexibility index (Phi) is 4.09. The number of nitrogens with one attached hydrogen (secondary N) is 1. The molecule has 1 rings (SSSR count). The van der Waals surface area contributed by atoms with E-state index in [2.05, 4.69) is 5.32 Å². The lowest BCUT2D eigenvalue weighted by atomic mass is 10.2. The Labute approximate surface area is 101 Å². The van der Waals surface area contributed by atoms with E-state index in [0.29, 0.717) is 11.3 Å². The summed E-state index contributed by atoms with van der Waals surface area (Å²) in [6.45, 7) is 0. The molecule has 1 aromatic rings. The summed E-state index contributed by atoms with van der Waals surface area (Å²) in [7, 11) is 6.69. The van der Waals surface area contributed by atoms with Gasteiger partial charge in [0.25, 0.3) is 5.91 Å². The van der Waals surface area contributed by atoms with Crippen molar-refractivity contribution < 1.29 is 9.59 Å². The molecule has 0 heterocycles. The minimum atomic E-state index is -0.223. The molecule has 3 amide bonds. The summed E-state index contributed by atoms with van der Waals surface area (Å²) in [6.07, 6.45) is 0. The normalized spacial score (nSPS) is 9.65. The van der Waals surface area contributed by atoms with E-state index in [1.54, 1.807) is 52.5 Å². The third-order valence-corrected chi connectivity index (χ3v) is 2.17. The molecule has 0 spiro atoms. The number of carbonyl (C=O) groups excluding carboxylic acids is 2. The summed E-state index contributed by atoms with van der Waals surface area (Å²) < 4.78 is 0. The SMILES string of the molecule is CN(C)C(=O)Nc1cccc(C(=O)N(C)C)c1. The third kappa shape index (κ3) is 3.48. The summed E-state index contributed by atoms with van der Waals surface area (Å²) in [6, 6.07) is 6.63. The minimum Gasteiger partial charge on any atom is -0.345 e. The molecule has 0 fully saturated rings. The number of carbonyl (C=O) groups is 2. The number of hydrogen-bond donors (Lipinski definition) is 1. The molecule has 0 saturated carbocycles. The van der Waals surface area contributed by atoms with Crippen molar-refractivity contribution >= 4 is 17.6 Å². The van der Waals surface area contributed by atoms with Gasteiger partial charge in [0.15, 0.2) is 0 Å². The lowest BCUT2D eigenvalue weighted by Crippen LogP contribution is -2.27. The maximum absolute atomic E-state index is 11.7. The van der Waals surface area contributed by atoms with Crippen LogP contribution >= 0.6 is 0 Å². The topological polar surface area (TPSA) is 52.7 Å². The van der Waals surface area contributed by atoms with Crippen LogP contribution in [0.3, 0.4) is 0 Å². The molecule has 0 radical (unpaired) electrons. The maximum atomic E-state index is 11.7. The van der Waals surface area contributed by atoms with Crippen LogP contribution in [-0.4, -0.2) is 49.9 Å². The summed E-state index contributed by atoms with van der Waals surface area (Å²) in [5.74, 6) is -0.0917. The van der Waals surface area contributed by atoms with E-state index >= 15 is 0 Å². The molecule has 5 heteroatoms. The Balaban J connectivity index is 2.86. The van der Waals surface area contributed by atoms with Crippen molar-refractivity contribution in [2.45, 2.75) is 0 Å². The zero-order valence-electron chi connectivity index (χ0n) is 10.5. The number of anilines is 1. The Hall–Kier alpha value is -2.04. The average Bonchev–Trinajstić information content (AvgIpc) is 2.28. The number of benzene rings is 1. The first kappa shape index (κ1) is 13.0. The van der Waals surface area contributed by atoms with E-state index in [1.165, 1.54) is 9.80 Å². The Morgan fingerprint density at radius 1 is 1.06 bits per heavy atom. The first-order chi connectivity index (χ1) is 7.91. The molecule has 0 aliphatic rings. The highest BCUT2D eigenvalue weighted by Crippen LogP contribution is 2.12. The summed E-state index contributed by atoms with van der Waals surface area (Å²) in [4.78, 5) is 26.1. The fourth-order valence-electron chi connectivity index (χ4n) is 1.22. The van der Waals surface area contributed by atoms with E-state index in [0.717, 1.165) is 0 Å². The molecule has 17 heavy (non-hydrogen) atoms. The van der Waals surface area contributed by atoms with Crippen LogP contribution in [-0.2, 0) is 0 Å². The molecule has 0 saturated heterocycles. The quantitative estimate of drug-likeness (QED) is 0.844. The van der Waals surface area contributed by atoms with Crippen molar-refractivity contribution in [3.63, 3.8) is 0 Å². The van der Waals surface area contributed by atoms with Gasteiger partial charge < -0.3 is 15.1 Å². The Morgan fingerprint density at radius 2 is 1.71 bits per heavy atom. The van der Waals surface area contributed by atoms with Gasteiger partial charge in [-0.15, -0.1) is 0 Å². The van der Waals surface area contributed by atoms with E-state index < -0.39 is 0 Å². The summed E-state index contributed by atoms with van der Waals surface area (Å²) in [5, 5.41) is 2.69. The molecule has 0 aliphatic heterocycles. The maximum Gasteiger partial charge on any atom is 0.321 e. The van der Waals surface area contributed by atoms with Crippen molar-refractivity contribution in [1.82, 2.24) is 9.80 Å². The van der Waals surface area contributed by atoms with Gasteiger partial charge in [-0.05, 0) is 18.2 Å². The van der Waals surface area contributed by atoms with Crippen molar-refractivity contribution in [2.24, 2.45) is 0 Å². The average molecular weight is 235 g/mol. The van der Waals surface area contributed by atoms with E-state index in [9.17, 15) is 9.59 Å². The standard InChI is InChI=1S/C12H17N3O2/c1-14(2)11(16)9-6-5-7-10(8-9)13-12(17)15(3)4/h5-8H,1-4H3,(H,13,17). The summed E-state index contributed by atoms with van der Waals surface area (Å²) in [5.41, 5.74) is 1.16. The number of rotatable bonds is 2. The summed E-state index contributed by atoms with van der Waals surface area (Å²) >= 11 is 0. The monoisotopic (exact) mass is 235 g/mol. The van der Waals surface area contributed by atoms with Gasteiger partial charge in [0.05, 0.1) is 0 Å². The highest BCUT2D eigenvalue weighted by atomic mass is 16.2. The van der Waals surface area contributed by atoms with Crippen LogP contribution in [0.2, 0.25) is 0 Å². The molecule has 0 atom stereocenters. The van der Waals surface area contributed by atoms with Crippen LogP contribution in [0.25, 0.3) is 0 Å². The van der Waals surface area contributed by atoms with Crippen molar-refractivity contribution in [3.05, 3.63) is 29.8 Å². The van der Waals surface area contributed by atoms with Crippen LogP contribution < -0.4 is 5.32 Å². The van der Waals surface area contributed by atoms with Gasteiger partial charge in [-0.3, -0.25) is 4.79 Å². The van der Waals surface area contributed by atoms with Crippen LogP contribution in [0.4, 0.5) is 10.5 Å². The molecular formula is C12H17N3O2. The van der Waals surface area contributed by atoms with Gasteiger partial charge in [-0.1, -0.05) is 6.07 Å². The predicted octanol–water partition coefficient (Wildman–Crippen LogP) is 1.48. The van der Waals surface area contributed by atoms with Crippen molar-refractivity contribution in [2.75, 3.05) is 33.5 Å². The number of urea groups is 1. The first-order valence-corrected chi connectivity index (χ1v) is 5.22. The molecule has 1 N–H and O–H groups in total. The van der Waals surface area contributed by atoms with Crippen LogP contribution in [0.5, 0.6) is 0 Å². The number of amides is 3. The van der Waals surface area contributed by atoms with Crippen molar-refractivity contribution in [1.29, 1.82) is 0 Å². The second-order valence-electron chi connectivity index (χ2n) is 4.10. The van der Waals surface area contributed by atoms with Crippen LogP contribution in [0.1, 0.15) is 10.4 Å². The minimum absolute atomic E-state index is 0.0917. The fourth-order valence-corrected chi connectivity index (χ4v) is 1.22. The highest BCUT2D eigenvalue weighted by Gasteiger charge is 2.09. The molecule has 0 unspecified atom stereocenters. The molecule has 0 aliphatic carbocycles. The zero-order valence-corrected chi connectivity index (χ0v) is 10.5. The fraction of sp³-hybridized carbons (Fsp3) is 0.333. The van der Waals surface area contributed by atoms with E-state index in [1.807, 2.05) is 0 Å². The van der Waals surface area contributed by atoms with Crippen LogP contribution in [0, 0.1) is 0 Å². The Bertz CT molecular complexity index is 428. The largest absolute Gasteiger partial charge is 0.345 e. The second kappa shape index (κ2) is 5.34. The third-order valence-electron chi connectivity index (χ3n) is 2.17.